The van der Waals surface area contributed by atoms with Crippen molar-refractivity contribution in [2.75, 3.05) is 6.26 Å². The number of rotatable bonds is 3. The monoisotopic (exact) mass is 355 g/mol. The van der Waals surface area contributed by atoms with Crippen LogP contribution < -0.4 is 5.73 Å². The number of nitrogens with two attached hydrogens (primary N) is 1. The van der Waals surface area contributed by atoms with Gasteiger partial charge in [-0.25, -0.2) is 8.42 Å². The number of hydrogen-bond donors (Lipinski definition) is 1. The molecule has 0 aromatic heterocycles. The van der Waals surface area contributed by atoms with Crippen LogP contribution in [0.4, 0.5) is 0 Å². The minimum Gasteiger partial charge on any atom is -0.323 e. The van der Waals surface area contributed by atoms with E-state index in [4.69, 9.17) is 5.73 Å². The third-order valence-corrected chi connectivity index (χ3v) is 6.80. The largest absolute Gasteiger partial charge is 0.323 e. The van der Waals surface area contributed by atoms with E-state index in [2.05, 4.69) is 15.9 Å². The molecule has 0 aliphatic heterocycles. The van der Waals surface area contributed by atoms with Crippen molar-refractivity contribution in [3.8, 4) is 0 Å². The molecule has 108 valence electrons. The third-order valence-electron chi connectivity index (χ3n) is 3.94. The van der Waals surface area contributed by atoms with Gasteiger partial charge in [0.2, 0.25) is 0 Å². The number of fused-ring (bicyclic) bond motifs is 1. The third kappa shape index (κ3) is 2.50. The van der Waals surface area contributed by atoms with Crippen molar-refractivity contribution in [3.63, 3.8) is 0 Å². The fourth-order valence-corrected chi connectivity index (χ4v) is 3.23. The highest BCUT2D eigenvalue weighted by Crippen LogP contribution is 2.36. The topological polar surface area (TPSA) is 60.2 Å². The van der Waals surface area contributed by atoms with Crippen molar-refractivity contribution in [1.82, 2.24) is 0 Å². The lowest BCUT2D eigenvalue weighted by molar-refractivity contribution is 0.498. The van der Waals surface area contributed by atoms with Gasteiger partial charge in [-0.1, -0.05) is 46.3 Å². The molecule has 20 heavy (non-hydrogen) atoms. The molecular weight excluding hydrogens is 338 g/mol. The first-order chi connectivity index (χ1) is 9.16. The predicted molar refractivity (Wildman–Crippen MR) is 87.5 cm³/mol. The molecule has 2 aromatic carbocycles. The summed E-state index contributed by atoms with van der Waals surface area (Å²) in [6, 6.07) is 11.1. The first-order valence-electron chi connectivity index (χ1n) is 6.28. The number of sulfone groups is 1. The number of halogens is 1. The van der Waals surface area contributed by atoms with Crippen LogP contribution in [0.3, 0.4) is 0 Å². The molecule has 3 nitrogen and oxygen atoms in total. The van der Waals surface area contributed by atoms with E-state index >= 15 is 0 Å². The molecule has 0 heterocycles. The van der Waals surface area contributed by atoms with Gasteiger partial charge in [-0.3, -0.25) is 0 Å². The van der Waals surface area contributed by atoms with E-state index in [1.807, 2.05) is 36.4 Å². The van der Waals surface area contributed by atoms with Crippen molar-refractivity contribution in [3.05, 3.63) is 46.4 Å². The molecule has 1 atom stereocenters. The molecule has 0 spiro atoms. The Labute approximate surface area is 128 Å². The Morgan fingerprint density at radius 1 is 1.10 bits per heavy atom. The second-order valence-corrected chi connectivity index (χ2v) is 8.99. The van der Waals surface area contributed by atoms with E-state index in [0.29, 0.717) is 0 Å². The molecule has 2 rings (SSSR count). The summed E-state index contributed by atoms with van der Waals surface area (Å²) < 4.78 is 23.9. The maximum atomic E-state index is 12.0. The second-order valence-electron chi connectivity index (χ2n) is 5.54. The van der Waals surface area contributed by atoms with Crippen molar-refractivity contribution < 1.29 is 8.42 Å². The summed E-state index contributed by atoms with van der Waals surface area (Å²) in [5, 5.41) is 2.01. The molecule has 0 amide bonds. The number of benzene rings is 2. The Morgan fingerprint density at radius 3 is 2.20 bits per heavy atom. The Hall–Kier alpha value is -0.910. The van der Waals surface area contributed by atoms with Gasteiger partial charge in [-0.15, -0.1) is 0 Å². The van der Waals surface area contributed by atoms with E-state index in [9.17, 15) is 8.42 Å². The minimum atomic E-state index is -3.27. The molecule has 0 aliphatic rings. The van der Waals surface area contributed by atoms with Crippen molar-refractivity contribution >= 4 is 36.5 Å². The van der Waals surface area contributed by atoms with Crippen LogP contribution in [0.2, 0.25) is 0 Å². The summed E-state index contributed by atoms with van der Waals surface area (Å²) in [6.45, 7) is 3.34. The van der Waals surface area contributed by atoms with Crippen LogP contribution in [0, 0.1) is 0 Å². The SMILES string of the molecule is CC(C)(C(N)c1ccc(Br)c2ccccc12)S(C)(=O)=O. The van der Waals surface area contributed by atoms with Crippen LogP contribution in [0.25, 0.3) is 10.8 Å². The molecule has 2 aromatic rings. The van der Waals surface area contributed by atoms with Gasteiger partial charge in [0, 0.05) is 16.8 Å². The van der Waals surface area contributed by atoms with Crippen LogP contribution in [-0.4, -0.2) is 19.4 Å². The standard InChI is InChI=1S/C15H18BrNO2S/c1-15(2,20(3,18)19)14(17)12-8-9-13(16)11-7-5-4-6-10(11)12/h4-9,14H,17H2,1-3H3. The zero-order valence-corrected chi connectivity index (χ0v) is 14.1. The highest BCUT2D eigenvalue weighted by molar-refractivity contribution is 9.10. The molecule has 0 fully saturated rings. The lowest BCUT2D eigenvalue weighted by Crippen LogP contribution is -2.42. The molecule has 5 heteroatoms. The summed E-state index contributed by atoms with van der Waals surface area (Å²) in [5.74, 6) is 0. The molecule has 1 unspecified atom stereocenters. The number of hydrogen-bond acceptors (Lipinski definition) is 3. The second kappa shape index (κ2) is 5.13. The van der Waals surface area contributed by atoms with Gasteiger partial charge < -0.3 is 5.73 Å². The summed E-state index contributed by atoms with van der Waals surface area (Å²) in [5.41, 5.74) is 7.13. The first kappa shape index (κ1) is 15.5. The minimum absolute atomic E-state index is 0.588. The van der Waals surface area contributed by atoms with Gasteiger partial charge >= 0.3 is 0 Å². The normalized spacial score (nSPS) is 14.4. The van der Waals surface area contributed by atoms with E-state index in [1.165, 1.54) is 6.26 Å². The average Bonchev–Trinajstić information content (AvgIpc) is 2.37. The molecule has 0 saturated carbocycles. The van der Waals surface area contributed by atoms with Gasteiger partial charge in [0.1, 0.15) is 0 Å². The summed E-state index contributed by atoms with van der Waals surface area (Å²) in [7, 11) is -3.27. The molecular formula is C15H18BrNO2S. The van der Waals surface area contributed by atoms with Crippen molar-refractivity contribution in [2.45, 2.75) is 24.6 Å². The van der Waals surface area contributed by atoms with Crippen LogP contribution >= 0.6 is 15.9 Å². The van der Waals surface area contributed by atoms with Crippen LogP contribution in [0.5, 0.6) is 0 Å². The lowest BCUT2D eigenvalue weighted by Gasteiger charge is -2.30. The lowest BCUT2D eigenvalue weighted by atomic mass is 9.92. The zero-order chi connectivity index (χ0) is 15.1. The molecule has 2 N–H and O–H groups in total. The maximum Gasteiger partial charge on any atom is 0.154 e. The van der Waals surface area contributed by atoms with Gasteiger partial charge in [-0.2, -0.15) is 0 Å². The van der Waals surface area contributed by atoms with Crippen molar-refractivity contribution in [1.29, 1.82) is 0 Å². The predicted octanol–water partition coefficient (Wildman–Crippen LogP) is 3.43. The van der Waals surface area contributed by atoms with Gasteiger partial charge in [0.15, 0.2) is 9.84 Å². The van der Waals surface area contributed by atoms with E-state index in [0.717, 1.165) is 20.8 Å². The zero-order valence-electron chi connectivity index (χ0n) is 11.7. The van der Waals surface area contributed by atoms with Gasteiger partial charge in [0.25, 0.3) is 0 Å². The van der Waals surface area contributed by atoms with Gasteiger partial charge in [0.05, 0.1) is 4.75 Å². The molecule has 0 saturated heterocycles. The fraction of sp³-hybridized carbons (Fsp3) is 0.333. The average molecular weight is 356 g/mol. The summed E-state index contributed by atoms with van der Waals surface area (Å²) in [4.78, 5) is 0. The first-order valence-corrected chi connectivity index (χ1v) is 8.97. The fourth-order valence-electron chi connectivity index (χ4n) is 2.16. The van der Waals surface area contributed by atoms with E-state index < -0.39 is 20.6 Å². The maximum absolute atomic E-state index is 12.0. The molecule has 0 aliphatic carbocycles. The Bertz CT molecular complexity index is 754. The summed E-state index contributed by atoms with van der Waals surface area (Å²) in [6.07, 6.45) is 1.23. The van der Waals surface area contributed by atoms with Crippen LogP contribution in [-0.2, 0) is 9.84 Å². The van der Waals surface area contributed by atoms with Crippen molar-refractivity contribution in [2.24, 2.45) is 5.73 Å². The molecule has 0 radical (unpaired) electrons. The van der Waals surface area contributed by atoms with Crippen LogP contribution in [0.15, 0.2) is 40.9 Å². The summed E-state index contributed by atoms with van der Waals surface area (Å²) >= 11 is 3.51. The van der Waals surface area contributed by atoms with Crippen LogP contribution in [0.1, 0.15) is 25.5 Å². The van der Waals surface area contributed by atoms with E-state index in [-0.39, 0.29) is 0 Å². The Kier molecular flexibility index (Phi) is 3.97. The highest BCUT2D eigenvalue weighted by Gasteiger charge is 2.38. The van der Waals surface area contributed by atoms with Gasteiger partial charge in [-0.05, 0) is 36.2 Å². The molecule has 0 bridgehead atoms. The smallest absolute Gasteiger partial charge is 0.154 e. The van der Waals surface area contributed by atoms with E-state index in [1.54, 1.807) is 13.8 Å². The Morgan fingerprint density at radius 2 is 1.65 bits per heavy atom. The quantitative estimate of drug-likeness (QED) is 0.917. The highest BCUT2D eigenvalue weighted by atomic mass is 79.9. The Balaban J connectivity index is 2.68.